The van der Waals surface area contributed by atoms with Crippen molar-refractivity contribution in [3.8, 4) is 5.69 Å². The van der Waals surface area contributed by atoms with Crippen molar-refractivity contribution in [2.24, 2.45) is 0 Å². The molecule has 0 amide bonds. The van der Waals surface area contributed by atoms with E-state index in [1.54, 1.807) is 0 Å². The van der Waals surface area contributed by atoms with Gasteiger partial charge in [0.15, 0.2) is 0 Å². The molecule has 0 aliphatic carbocycles. The zero-order chi connectivity index (χ0) is 15.4. The maximum atomic E-state index is 12.5. The van der Waals surface area contributed by atoms with Crippen molar-refractivity contribution < 1.29 is 9.90 Å². The summed E-state index contributed by atoms with van der Waals surface area (Å²) in [6.07, 6.45) is 0.668. The van der Waals surface area contributed by atoms with Crippen LogP contribution in [-0.4, -0.2) is 25.8 Å². The minimum absolute atomic E-state index is 0.0641. The maximum absolute atomic E-state index is 12.5. The Bertz CT molecular complexity index is 780. The molecule has 0 atom stereocenters. The summed E-state index contributed by atoms with van der Waals surface area (Å²) in [5.74, 6) is -0.973. The van der Waals surface area contributed by atoms with E-state index in [4.69, 9.17) is 17.3 Å². The Morgan fingerprint density at radius 3 is 2.81 bits per heavy atom. The van der Waals surface area contributed by atoms with Crippen LogP contribution in [0.5, 0.6) is 0 Å². The number of nitrogens with one attached hydrogen (secondary N) is 1. The van der Waals surface area contributed by atoms with Gasteiger partial charge in [-0.05, 0) is 30.3 Å². The second kappa shape index (κ2) is 6.45. The third kappa shape index (κ3) is 3.25. The first kappa shape index (κ1) is 15.1. The van der Waals surface area contributed by atoms with E-state index >= 15 is 0 Å². The fourth-order valence-corrected chi connectivity index (χ4v) is 2.30. The third-order valence-corrected chi connectivity index (χ3v) is 3.40. The largest absolute Gasteiger partial charge is 0.481 e. The molecule has 0 spiro atoms. The lowest BCUT2D eigenvalue weighted by atomic mass is 10.1. The van der Waals surface area contributed by atoms with Crippen molar-refractivity contribution in [1.29, 1.82) is 0 Å². The average Bonchev–Trinajstić information content (AvgIpc) is 2.47. The Labute approximate surface area is 126 Å². The number of hydrogen-bond acceptors (Lipinski definition) is 4. The highest BCUT2D eigenvalue weighted by molar-refractivity contribution is 7.71. The summed E-state index contributed by atoms with van der Waals surface area (Å²) in [7, 11) is 0. The molecule has 0 radical (unpaired) electrons. The molecule has 0 aliphatic rings. The summed E-state index contributed by atoms with van der Waals surface area (Å²) in [6.45, 7) is 1.99. The number of aromatic nitrogens is 3. The predicted molar refractivity (Wildman–Crippen MR) is 80.4 cm³/mol. The van der Waals surface area contributed by atoms with Gasteiger partial charge in [0.25, 0.3) is 5.56 Å². The van der Waals surface area contributed by atoms with E-state index in [-0.39, 0.29) is 28.9 Å². The first-order valence-corrected chi connectivity index (χ1v) is 6.96. The minimum Gasteiger partial charge on any atom is -0.481 e. The van der Waals surface area contributed by atoms with E-state index < -0.39 is 5.97 Å². The first-order valence-electron chi connectivity index (χ1n) is 6.55. The van der Waals surface area contributed by atoms with Crippen molar-refractivity contribution in [2.45, 2.75) is 26.2 Å². The first-order chi connectivity index (χ1) is 10.0. The van der Waals surface area contributed by atoms with Crippen LogP contribution in [0.2, 0.25) is 0 Å². The second-order valence-electron chi connectivity index (χ2n) is 4.49. The smallest absolute Gasteiger partial charge is 0.303 e. The van der Waals surface area contributed by atoms with Crippen LogP contribution in [0, 0.1) is 4.77 Å². The van der Waals surface area contributed by atoms with E-state index in [0.29, 0.717) is 5.69 Å². The van der Waals surface area contributed by atoms with E-state index in [1.807, 2.05) is 31.2 Å². The van der Waals surface area contributed by atoms with Crippen LogP contribution in [-0.2, 0) is 17.6 Å². The van der Waals surface area contributed by atoms with Crippen LogP contribution < -0.4 is 5.56 Å². The second-order valence-corrected chi connectivity index (χ2v) is 4.88. The number of aryl methyl sites for hydroxylation is 2. The van der Waals surface area contributed by atoms with Crippen molar-refractivity contribution >= 4 is 18.2 Å². The summed E-state index contributed by atoms with van der Waals surface area (Å²) in [6, 6.07) is 7.46. The van der Waals surface area contributed by atoms with Gasteiger partial charge in [-0.1, -0.05) is 25.1 Å². The lowest BCUT2D eigenvalue weighted by Gasteiger charge is -2.11. The van der Waals surface area contributed by atoms with Crippen molar-refractivity contribution in [3.63, 3.8) is 0 Å². The molecule has 1 aromatic carbocycles. The minimum atomic E-state index is -0.973. The monoisotopic (exact) mass is 305 g/mol. The van der Waals surface area contributed by atoms with Gasteiger partial charge in [0, 0.05) is 6.42 Å². The normalized spacial score (nSPS) is 10.5. The van der Waals surface area contributed by atoms with Crippen LogP contribution in [0.25, 0.3) is 5.69 Å². The predicted octanol–water partition coefficient (Wildman–Crippen LogP) is 1.87. The van der Waals surface area contributed by atoms with Gasteiger partial charge in [-0.25, -0.2) is 0 Å². The van der Waals surface area contributed by atoms with Crippen LogP contribution in [0.3, 0.4) is 0 Å². The highest BCUT2D eigenvalue weighted by Gasteiger charge is 2.12. The average molecular weight is 305 g/mol. The number of nitrogens with zero attached hydrogens (tertiary/aromatic N) is 2. The van der Waals surface area contributed by atoms with Crippen molar-refractivity contribution in [1.82, 2.24) is 14.8 Å². The highest BCUT2D eigenvalue weighted by Crippen LogP contribution is 2.13. The lowest BCUT2D eigenvalue weighted by molar-refractivity contribution is -0.136. The molecule has 2 rings (SSSR count). The fraction of sp³-hybridized carbons (Fsp3) is 0.286. The molecule has 110 valence electrons. The molecular formula is C14H15N3O3S. The van der Waals surface area contributed by atoms with Crippen LogP contribution in [0.15, 0.2) is 29.1 Å². The summed E-state index contributed by atoms with van der Waals surface area (Å²) < 4.78 is 1.57. The standard InChI is InChI=1S/C14H15N3O3S/c1-2-9-5-3-4-6-11(9)17-13(20)10(7-8-12(18)19)15-16-14(17)21/h3-6H,2,7-8H2,1H3,(H,16,21)(H,18,19). The zero-order valence-electron chi connectivity index (χ0n) is 11.5. The van der Waals surface area contributed by atoms with Gasteiger partial charge >= 0.3 is 5.97 Å². The SMILES string of the molecule is CCc1ccccc1-n1c(=S)[nH]nc(CCC(=O)O)c1=O. The fourth-order valence-electron chi connectivity index (χ4n) is 2.07. The van der Waals surface area contributed by atoms with E-state index in [2.05, 4.69) is 10.2 Å². The van der Waals surface area contributed by atoms with Gasteiger partial charge in [0.05, 0.1) is 12.1 Å². The Balaban J connectivity index is 2.58. The summed E-state index contributed by atoms with van der Waals surface area (Å²) in [4.78, 5) is 23.1. The number of para-hydroxylation sites is 1. The number of aliphatic carboxylic acids is 1. The molecule has 0 saturated carbocycles. The molecule has 6 nitrogen and oxygen atoms in total. The zero-order valence-corrected chi connectivity index (χ0v) is 12.3. The molecular weight excluding hydrogens is 290 g/mol. The van der Waals surface area contributed by atoms with Crippen LogP contribution >= 0.6 is 12.2 Å². The van der Waals surface area contributed by atoms with Gasteiger partial charge in [-0.15, -0.1) is 0 Å². The number of carboxylic acid groups (broad SMARTS) is 1. The van der Waals surface area contributed by atoms with Gasteiger partial charge < -0.3 is 5.11 Å². The molecule has 21 heavy (non-hydrogen) atoms. The lowest BCUT2D eigenvalue weighted by Crippen LogP contribution is -2.27. The van der Waals surface area contributed by atoms with Gasteiger partial charge in [-0.3, -0.25) is 19.3 Å². The number of carbonyl (C=O) groups is 1. The Kier molecular flexibility index (Phi) is 4.64. The Hall–Kier alpha value is -2.28. The molecule has 0 fully saturated rings. The summed E-state index contributed by atoms with van der Waals surface area (Å²) in [5.41, 5.74) is 1.47. The molecule has 7 heteroatoms. The quantitative estimate of drug-likeness (QED) is 0.823. The highest BCUT2D eigenvalue weighted by atomic mass is 32.1. The van der Waals surface area contributed by atoms with Crippen LogP contribution in [0.1, 0.15) is 24.6 Å². The molecule has 0 unspecified atom stereocenters. The number of carboxylic acids is 1. The summed E-state index contributed by atoms with van der Waals surface area (Å²) in [5, 5.41) is 15.2. The topological polar surface area (TPSA) is 88.0 Å². The van der Waals surface area contributed by atoms with E-state index in [1.165, 1.54) is 4.57 Å². The molecule has 0 bridgehead atoms. The molecule has 1 heterocycles. The number of benzene rings is 1. The third-order valence-electron chi connectivity index (χ3n) is 3.13. The van der Waals surface area contributed by atoms with Crippen LogP contribution in [0.4, 0.5) is 0 Å². The van der Waals surface area contributed by atoms with Gasteiger partial charge in [0.1, 0.15) is 5.69 Å². The number of hydrogen-bond donors (Lipinski definition) is 2. The van der Waals surface area contributed by atoms with E-state index in [9.17, 15) is 9.59 Å². The maximum Gasteiger partial charge on any atom is 0.303 e. The molecule has 1 aromatic heterocycles. The molecule has 2 aromatic rings. The Morgan fingerprint density at radius 1 is 1.43 bits per heavy atom. The van der Waals surface area contributed by atoms with Crippen molar-refractivity contribution in [3.05, 3.63) is 50.6 Å². The van der Waals surface area contributed by atoms with Gasteiger partial charge in [-0.2, -0.15) is 5.10 Å². The Morgan fingerprint density at radius 2 is 2.14 bits per heavy atom. The van der Waals surface area contributed by atoms with Crippen molar-refractivity contribution in [2.75, 3.05) is 0 Å². The number of aromatic amines is 1. The number of H-pyrrole nitrogens is 1. The van der Waals surface area contributed by atoms with E-state index in [0.717, 1.165) is 12.0 Å². The molecule has 0 saturated heterocycles. The molecule has 0 aliphatic heterocycles. The number of rotatable bonds is 5. The van der Waals surface area contributed by atoms with Gasteiger partial charge in [0.2, 0.25) is 4.77 Å². The molecule has 2 N–H and O–H groups in total. The summed E-state index contributed by atoms with van der Waals surface area (Å²) >= 11 is 5.15.